The van der Waals surface area contributed by atoms with Crippen molar-refractivity contribution in [1.29, 1.82) is 0 Å². The third kappa shape index (κ3) is 3.51. The third-order valence-electron chi connectivity index (χ3n) is 3.78. The van der Waals surface area contributed by atoms with E-state index in [-0.39, 0.29) is 0 Å². The van der Waals surface area contributed by atoms with E-state index in [0.717, 1.165) is 22.3 Å². The predicted octanol–water partition coefficient (Wildman–Crippen LogP) is 3.38. The first kappa shape index (κ1) is 18.2. The molecule has 0 radical (unpaired) electrons. The first-order valence-corrected chi connectivity index (χ1v) is 8.56. The molecule has 136 valence electrons. The van der Waals surface area contributed by atoms with Crippen LogP contribution in [0.3, 0.4) is 0 Å². The average molecular weight is 378 g/mol. The quantitative estimate of drug-likeness (QED) is 0.684. The topological polar surface area (TPSA) is 52.8 Å². The number of fused-ring (bicyclic) bond motifs is 1. The molecule has 3 aromatic rings. The van der Waals surface area contributed by atoms with Crippen LogP contribution in [0.2, 0.25) is 0 Å². The summed E-state index contributed by atoms with van der Waals surface area (Å²) in [5.74, 6) is -2.18. The number of amides is 1. The molecular formula is C18H16F2N2O3S. The molecule has 3 rings (SSSR count). The molecule has 0 aliphatic rings. The van der Waals surface area contributed by atoms with Crippen molar-refractivity contribution >= 4 is 27.5 Å². The first-order chi connectivity index (χ1) is 12.5. The third-order valence-corrected chi connectivity index (χ3v) is 4.82. The van der Waals surface area contributed by atoms with E-state index in [1.54, 1.807) is 24.9 Å². The van der Waals surface area contributed by atoms with E-state index in [9.17, 15) is 13.6 Å². The summed E-state index contributed by atoms with van der Waals surface area (Å²) in [6.07, 6.45) is 0. The Hall–Kier alpha value is -2.58. The van der Waals surface area contributed by atoms with Gasteiger partial charge in [-0.05, 0) is 30.3 Å². The van der Waals surface area contributed by atoms with Gasteiger partial charge in [0.15, 0.2) is 4.80 Å². The van der Waals surface area contributed by atoms with Gasteiger partial charge in [0.1, 0.15) is 22.9 Å². The number of hydrogen-bond acceptors (Lipinski definition) is 4. The molecule has 0 N–H and O–H groups in total. The first-order valence-electron chi connectivity index (χ1n) is 7.74. The van der Waals surface area contributed by atoms with Crippen molar-refractivity contribution < 1.29 is 23.0 Å². The molecule has 8 heteroatoms. The van der Waals surface area contributed by atoms with Gasteiger partial charge in [-0.2, -0.15) is 4.99 Å². The molecule has 0 aliphatic heterocycles. The number of hydrogen-bond donors (Lipinski definition) is 0. The second-order valence-electron chi connectivity index (χ2n) is 5.38. The summed E-state index contributed by atoms with van der Waals surface area (Å²) < 4.78 is 40.6. The maximum atomic E-state index is 13.8. The van der Waals surface area contributed by atoms with Crippen LogP contribution < -0.4 is 9.54 Å². The fourth-order valence-electron chi connectivity index (χ4n) is 2.51. The fraction of sp³-hybridized carbons (Fsp3) is 0.222. The summed E-state index contributed by atoms with van der Waals surface area (Å²) in [7, 11) is 3.12. The number of methoxy groups -OCH3 is 2. The molecule has 0 saturated carbocycles. The minimum absolute atomic E-state index is 0.331. The van der Waals surface area contributed by atoms with Gasteiger partial charge < -0.3 is 14.0 Å². The molecule has 1 amide bonds. The number of ether oxygens (including phenoxy) is 2. The minimum atomic E-state index is -0.967. The van der Waals surface area contributed by atoms with Gasteiger partial charge in [-0.25, -0.2) is 8.78 Å². The zero-order chi connectivity index (χ0) is 18.7. The Morgan fingerprint density at radius 1 is 1.19 bits per heavy atom. The van der Waals surface area contributed by atoms with Crippen LogP contribution in [0.25, 0.3) is 10.2 Å². The van der Waals surface area contributed by atoms with Crippen LogP contribution in [-0.2, 0) is 11.3 Å². The lowest BCUT2D eigenvalue weighted by Gasteiger charge is -2.05. The van der Waals surface area contributed by atoms with Crippen molar-refractivity contribution in [2.75, 3.05) is 20.8 Å². The van der Waals surface area contributed by atoms with Crippen molar-refractivity contribution in [2.24, 2.45) is 4.99 Å². The van der Waals surface area contributed by atoms with E-state index < -0.39 is 23.1 Å². The van der Waals surface area contributed by atoms with Gasteiger partial charge in [-0.3, -0.25) is 4.79 Å². The summed E-state index contributed by atoms with van der Waals surface area (Å²) in [6, 6.07) is 8.71. The molecule has 5 nitrogen and oxygen atoms in total. The molecule has 0 aliphatic carbocycles. The SMILES string of the molecule is COCCn1c(=NC(=O)c2c(F)cccc2F)sc2cc(OC)ccc21. The maximum absolute atomic E-state index is 13.8. The lowest BCUT2D eigenvalue weighted by Crippen LogP contribution is -2.20. The minimum Gasteiger partial charge on any atom is -0.497 e. The highest BCUT2D eigenvalue weighted by Crippen LogP contribution is 2.23. The van der Waals surface area contributed by atoms with Crippen molar-refractivity contribution in [3.63, 3.8) is 0 Å². The Balaban J connectivity index is 2.15. The summed E-state index contributed by atoms with van der Waals surface area (Å²) in [4.78, 5) is 16.7. The molecule has 1 aromatic heterocycles. The Morgan fingerprint density at radius 3 is 2.58 bits per heavy atom. The smallest absolute Gasteiger partial charge is 0.285 e. The van der Waals surface area contributed by atoms with Crippen LogP contribution in [0.5, 0.6) is 5.75 Å². The molecule has 0 saturated heterocycles. The second-order valence-corrected chi connectivity index (χ2v) is 6.39. The highest BCUT2D eigenvalue weighted by atomic mass is 32.1. The second kappa shape index (κ2) is 7.76. The van der Waals surface area contributed by atoms with Crippen molar-refractivity contribution in [1.82, 2.24) is 4.57 Å². The highest BCUT2D eigenvalue weighted by molar-refractivity contribution is 7.16. The van der Waals surface area contributed by atoms with Gasteiger partial charge in [0.2, 0.25) is 0 Å². The van der Waals surface area contributed by atoms with Crippen LogP contribution in [-0.4, -0.2) is 31.3 Å². The van der Waals surface area contributed by atoms with Crippen LogP contribution >= 0.6 is 11.3 Å². The Kier molecular flexibility index (Phi) is 5.43. The van der Waals surface area contributed by atoms with Gasteiger partial charge in [-0.15, -0.1) is 0 Å². The lowest BCUT2D eigenvalue weighted by molar-refractivity contribution is 0.0989. The number of benzene rings is 2. The molecular weight excluding hydrogens is 362 g/mol. The summed E-state index contributed by atoms with van der Waals surface area (Å²) >= 11 is 1.23. The van der Waals surface area contributed by atoms with E-state index >= 15 is 0 Å². The summed E-state index contributed by atoms with van der Waals surface area (Å²) in [6.45, 7) is 0.835. The number of aromatic nitrogens is 1. The van der Waals surface area contributed by atoms with E-state index in [1.807, 2.05) is 12.1 Å². The van der Waals surface area contributed by atoms with E-state index in [1.165, 1.54) is 17.4 Å². The number of thiazole rings is 1. The number of halogens is 2. The molecule has 1 heterocycles. The van der Waals surface area contributed by atoms with E-state index in [0.29, 0.717) is 23.7 Å². The van der Waals surface area contributed by atoms with Gasteiger partial charge >= 0.3 is 0 Å². The van der Waals surface area contributed by atoms with Crippen LogP contribution in [0, 0.1) is 11.6 Å². The lowest BCUT2D eigenvalue weighted by atomic mass is 10.2. The predicted molar refractivity (Wildman–Crippen MR) is 94.5 cm³/mol. The molecule has 0 atom stereocenters. The number of rotatable bonds is 5. The number of nitrogens with zero attached hydrogens (tertiary/aromatic N) is 2. The molecule has 0 unspecified atom stereocenters. The summed E-state index contributed by atoms with van der Waals surface area (Å²) in [5, 5.41) is 0. The monoisotopic (exact) mass is 378 g/mol. The molecule has 26 heavy (non-hydrogen) atoms. The molecule has 0 spiro atoms. The van der Waals surface area contributed by atoms with Crippen LogP contribution in [0.1, 0.15) is 10.4 Å². The van der Waals surface area contributed by atoms with Crippen LogP contribution in [0.4, 0.5) is 8.78 Å². The number of carbonyl (C=O) groups is 1. The van der Waals surface area contributed by atoms with Crippen molar-refractivity contribution in [3.8, 4) is 5.75 Å². The maximum Gasteiger partial charge on any atom is 0.285 e. The fourth-order valence-corrected chi connectivity index (χ4v) is 3.59. The van der Waals surface area contributed by atoms with E-state index in [2.05, 4.69) is 4.99 Å². The Bertz CT molecular complexity index is 1010. The largest absolute Gasteiger partial charge is 0.497 e. The zero-order valence-corrected chi connectivity index (χ0v) is 15.0. The van der Waals surface area contributed by atoms with Gasteiger partial charge in [0.05, 0.1) is 23.9 Å². The van der Waals surface area contributed by atoms with Crippen LogP contribution in [0.15, 0.2) is 41.4 Å². The van der Waals surface area contributed by atoms with Gasteiger partial charge in [-0.1, -0.05) is 17.4 Å². The molecule has 0 bridgehead atoms. The van der Waals surface area contributed by atoms with Gasteiger partial charge in [0, 0.05) is 13.7 Å². The average Bonchev–Trinajstić information content (AvgIpc) is 2.95. The Labute approximate surface area is 152 Å². The van der Waals surface area contributed by atoms with E-state index in [4.69, 9.17) is 9.47 Å². The molecule has 2 aromatic carbocycles. The number of carbonyl (C=O) groups excluding carboxylic acids is 1. The van der Waals surface area contributed by atoms with Crippen molar-refractivity contribution in [3.05, 3.63) is 58.4 Å². The standard InChI is InChI=1S/C18H16F2N2O3S/c1-24-9-8-22-14-7-6-11(25-2)10-15(14)26-18(22)21-17(23)16-12(19)4-3-5-13(16)20/h3-7,10H,8-9H2,1-2H3. The normalized spacial score (nSPS) is 11.9. The van der Waals surface area contributed by atoms with Crippen molar-refractivity contribution in [2.45, 2.75) is 6.54 Å². The molecule has 0 fully saturated rings. The summed E-state index contributed by atoms with van der Waals surface area (Å²) in [5.41, 5.74) is 0.161. The zero-order valence-electron chi connectivity index (χ0n) is 14.2. The highest BCUT2D eigenvalue weighted by Gasteiger charge is 2.17. The Morgan fingerprint density at radius 2 is 1.92 bits per heavy atom. The van der Waals surface area contributed by atoms with Gasteiger partial charge in [0.25, 0.3) is 5.91 Å².